The third-order valence-electron chi connectivity index (χ3n) is 2.52. The second-order valence-corrected chi connectivity index (χ2v) is 4.67. The van der Waals surface area contributed by atoms with Crippen molar-refractivity contribution in [2.24, 2.45) is 5.92 Å². The first-order valence-corrected chi connectivity index (χ1v) is 6.26. The van der Waals surface area contributed by atoms with Crippen LogP contribution in [0.15, 0.2) is 12.5 Å². The van der Waals surface area contributed by atoms with E-state index >= 15 is 0 Å². The number of nitrogens with one attached hydrogen (secondary N) is 2. The molecule has 0 saturated heterocycles. The highest BCUT2D eigenvalue weighted by atomic mass is 16.4. The van der Waals surface area contributed by atoms with Crippen molar-refractivity contribution in [2.45, 2.75) is 26.8 Å². The normalized spacial score (nSPS) is 10.5. The number of amides is 2. The molecule has 1 heterocycles. The molecule has 1 rings (SSSR count). The second kappa shape index (κ2) is 7.40. The summed E-state index contributed by atoms with van der Waals surface area (Å²) >= 11 is 0. The van der Waals surface area contributed by atoms with E-state index in [4.69, 9.17) is 5.11 Å². The largest absolute Gasteiger partial charge is 0.476 e. The van der Waals surface area contributed by atoms with Crippen molar-refractivity contribution in [3.8, 4) is 0 Å². The van der Waals surface area contributed by atoms with Crippen LogP contribution in [-0.4, -0.2) is 39.7 Å². The topological polar surface area (TPSA) is 96.3 Å². The number of imidazole rings is 1. The van der Waals surface area contributed by atoms with Gasteiger partial charge in [-0.05, 0) is 12.3 Å². The van der Waals surface area contributed by atoms with E-state index in [9.17, 15) is 9.59 Å². The van der Waals surface area contributed by atoms with Gasteiger partial charge in [-0.25, -0.2) is 14.6 Å². The van der Waals surface area contributed by atoms with Crippen LogP contribution in [0.4, 0.5) is 4.79 Å². The lowest BCUT2D eigenvalue weighted by molar-refractivity contribution is 0.0691. The number of carbonyl (C=O) groups is 2. The molecule has 0 aliphatic rings. The molecule has 0 aliphatic carbocycles. The van der Waals surface area contributed by atoms with Crippen molar-refractivity contribution >= 4 is 12.0 Å². The van der Waals surface area contributed by atoms with Crippen molar-refractivity contribution in [3.05, 3.63) is 18.2 Å². The van der Waals surface area contributed by atoms with E-state index < -0.39 is 5.97 Å². The average molecular weight is 268 g/mol. The quantitative estimate of drug-likeness (QED) is 0.685. The molecule has 0 bridgehead atoms. The molecule has 7 nitrogen and oxygen atoms in total. The third kappa shape index (κ3) is 5.89. The van der Waals surface area contributed by atoms with Crippen LogP contribution in [0, 0.1) is 5.92 Å². The minimum absolute atomic E-state index is 0.00128. The van der Waals surface area contributed by atoms with E-state index in [0.29, 0.717) is 25.6 Å². The summed E-state index contributed by atoms with van der Waals surface area (Å²) in [4.78, 5) is 25.7. The van der Waals surface area contributed by atoms with Gasteiger partial charge in [0.1, 0.15) is 0 Å². The summed E-state index contributed by atoms with van der Waals surface area (Å²) in [6.45, 7) is 5.75. The fraction of sp³-hybridized carbons (Fsp3) is 0.583. The number of carboxylic acids is 1. The molecule has 0 radical (unpaired) electrons. The SMILES string of the molecule is CC(C)CCNC(=O)NCCn1cnc(C(=O)O)c1. The Hall–Kier alpha value is -2.05. The fourth-order valence-corrected chi connectivity index (χ4v) is 1.43. The Morgan fingerprint density at radius 2 is 2.05 bits per heavy atom. The lowest BCUT2D eigenvalue weighted by atomic mass is 10.1. The van der Waals surface area contributed by atoms with E-state index in [2.05, 4.69) is 29.5 Å². The lowest BCUT2D eigenvalue weighted by Crippen LogP contribution is -2.37. The average Bonchev–Trinajstić information content (AvgIpc) is 2.77. The molecule has 19 heavy (non-hydrogen) atoms. The van der Waals surface area contributed by atoms with Crippen molar-refractivity contribution in [2.75, 3.05) is 13.1 Å². The molecule has 0 atom stereocenters. The van der Waals surface area contributed by atoms with Crippen LogP contribution in [0.3, 0.4) is 0 Å². The molecular weight excluding hydrogens is 248 g/mol. The molecule has 0 unspecified atom stereocenters. The summed E-state index contributed by atoms with van der Waals surface area (Å²) in [7, 11) is 0. The highest BCUT2D eigenvalue weighted by molar-refractivity contribution is 5.84. The Morgan fingerprint density at radius 1 is 1.37 bits per heavy atom. The first kappa shape index (κ1) is 15.0. The first-order valence-electron chi connectivity index (χ1n) is 6.26. The summed E-state index contributed by atoms with van der Waals surface area (Å²) in [5.41, 5.74) is 0.00128. The summed E-state index contributed by atoms with van der Waals surface area (Å²) in [5, 5.41) is 14.2. The zero-order valence-electron chi connectivity index (χ0n) is 11.2. The Labute approximate surface area is 112 Å². The molecule has 3 N–H and O–H groups in total. The van der Waals surface area contributed by atoms with Crippen molar-refractivity contribution in [1.82, 2.24) is 20.2 Å². The maximum absolute atomic E-state index is 11.4. The molecule has 106 valence electrons. The van der Waals surface area contributed by atoms with Crippen LogP contribution >= 0.6 is 0 Å². The number of carbonyl (C=O) groups excluding carboxylic acids is 1. The zero-order chi connectivity index (χ0) is 14.3. The van der Waals surface area contributed by atoms with E-state index in [1.165, 1.54) is 12.5 Å². The van der Waals surface area contributed by atoms with E-state index in [1.807, 2.05) is 0 Å². The highest BCUT2D eigenvalue weighted by Crippen LogP contribution is 1.96. The number of nitrogens with zero attached hydrogens (tertiary/aromatic N) is 2. The standard InChI is InChI=1S/C12H20N4O3/c1-9(2)3-4-13-12(19)14-5-6-16-7-10(11(17)18)15-8-16/h7-9H,3-6H2,1-2H3,(H,17,18)(H2,13,14,19). The van der Waals surface area contributed by atoms with Crippen molar-refractivity contribution < 1.29 is 14.7 Å². The molecule has 1 aromatic heterocycles. The number of aromatic carboxylic acids is 1. The van der Waals surface area contributed by atoms with Crippen LogP contribution in [0.5, 0.6) is 0 Å². The smallest absolute Gasteiger partial charge is 0.356 e. The molecule has 0 aromatic carbocycles. The Bertz CT molecular complexity index is 428. The summed E-state index contributed by atoms with van der Waals surface area (Å²) in [6, 6.07) is -0.209. The highest BCUT2D eigenvalue weighted by Gasteiger charge is 2.06. The van der Waals surface area contributed by atoms with Gasteiger partial charge in [0, 0.05) is 25.8 Å². The molecule has 2 amide bonds. The predicted molar refractivity (Wildman–Crippen MR) is 70.0 cm³/mol. The maximum atomic E-state index is 11.4. The van der Waals surface area contributed by atoms with Crippen LogP contribution in [-0.2, 0) is 6.54 Å². The van der Waals surface area contributed by atoms with Gasteiger partial charge in [0.15, 0.2) is 5.69 Å². The minimum atomic E-state index is -1.06. The van der Waals surface area contributed by atoms with Crippen LogP contribution in [0.25, 0.3) is 0 Å². The molecule has 0 saturated carbocycles. The van der Waals surface area contributed by atoms with Gasteiger partial charge in [-0.2, -0.15) is 0 Å². The Kier molecular flexibility index (Phi) is 5.84. The number of hydrogen-bond donors (Lipinski definition) is 3. The molecule has 0 fully saturated rings. The molecule has 0 aliphatic heterocycles. The predicted octanol–water partition coefficient (Wildman–Crippen LogP) is 0.927. The van der Waals surface area contributed by atoms with E-state index in [-0.39, 0.29) is 11.7 Å². The van der Waals surface area contributed by atoms with Crippen LogP contribution in [0.1, 0.15) is 30.8 Å². The number of carboxylic acid groups (broad SMARTS) is 1. The van der Waals surface area contributed by atoms with Crippen LogP contribution in [0.2, 0.25) is 0 Å². The number of aromatic nitrogens is 2. The first-order chi connectivity index (χ1) is 8.99. The monoisotopic (exact) mass is 268 g/mol. The van der Waals surface area contributed by atoms with Gasteiger partial charge < -0.3 is 20.3 Å². The van der Waals surface area contributed by atoms with Gasteiger partial charge in [0.05, 0.1) is 6.33 Å². The van der Waals surface area contributed by atoms with Gasteiger partial charge in [-0.1, -0.05) is 13.8 Å². The molecule has 7 heteroatoms. The number of rotatable bonds is 7. The third-order valence-corrected chi connectivity index (χ3v) is 2.52. The Balaban J connectivity index is 2.18. The van der Waals surface area contributed by atoms with Gasteiger partial charge >= 0.3 is 12.0 Å². The Morgan fingerprint density at radius 3 is 2.63 bits per heavy atom. The summed E-state index contributed by atoms with van der Waals surface area (Å²) in [5.74, 6) is -0.501. The van der Waals surface area contributed by atoms with Gasteiger partial charge in [-0.3, -0.25) is 0 Å². The zero-order valence-corrected chi connectivity index (χ0v) is 11.2. The molecule has 1 aromatic rings. The van der Waals surface area contributed by atoms with Gasteiger partial charge in [0.25, 0.3) is 0 Å². The van der Waals surface area contributed by atoms with Crippen molar-refractivity contribution in [3.63, 3.8) is 0 Å². The number of hydrogen-bond acceptors (Lipinski definition) is 3. The minimum Gasteiger partial charge on any atom is -0.476 e. The lowest BCUT2D eigenvalue weighted by Gasteiger charge is -2.09. The molecule has 0 spiro atoms. The van der Waals surface area contributed by atoms with Gasteiger partial charge in [-0.15, -0.1) is 0 Å². The number of urea groups is 1. The van der Waals surface area contributed by atoms with E-state index in [1.54, 1.807) is 4.57 Å². The van der Waals surface area contributed by atoms with Crippen molar-refractivity contribution in [1.29, 1.82) is 0 Å². The fourth-order valence-electron chi connectivity index (χ4n) is 1.43. The second-order valence-electron chi connectivity index (χ2n) is 4.67. The van der Waals surface area contributed by atoms with Crippen LogP contribution < -0.4 is 10.6 Å². The van der Waals surface area contributed by atoms with E-state index in [0.717, 1.165) is 6.42 Å². The summed E-state index contributed by atoms with van der Waals surface area (Å²) < 4.78 is 1.62. The van der Waals surface area contributed by atoms with Gasteiger partial charge in [0.2, 0.25) is 0 Å². The summed E-state index contributed by atoms with van der Waals surface area (Å²) in [6.07, 6.45) is 3.80. The molecular formula is C12H20N4O3. The maximum Gasteiger partial charge on any atom is 0.356 e.